The van der Waals surface area contributed by atoms with Crippen LogP contribution in [0.3, 0.4) is 0 Å². The number of carbonyl (C=O) groups is 2. The van der Waals surface area contributed by atoms with E-state index in [0.29, 0.717) is 71.5 Å². The third kappa shape index (κ3) is 8.58. The molecule has 3 fully saturated rings. The first-order valence-corrected chi connectivity index (χ1v) is 18.5. The number of aromatic nitrogens is 2. The van der Waals surface area contributed by atoms with Crippen molar-refractivity contribution in [2.24, 2.45) is 0 Å². The van der Waals surface area contributed by atoms with Crippen molar-refractivity contribution in [3.05, 3.63) is 84.4 Å². The van der Waals surface area contributed by atoms with Crippen LogP contribution >= 0.6 is 11.6 Å². The summed E-state index contributed by atoms with van der Waals surface area (Å²) in [5.74, 6) is 0.603. The van der Waals surface area contributed by atoms with Gasteiger partial charge in [0.1, 0.15) is 23.7 Å². The number of carbonyl (C=O) groups excluding carboxylic acids is 2. The molecule has 3 aromatic rings. The van der Waals surface area contributed by atoms with Gasteiger partial charge in [0.25, 0.3) is 0 Å². The number of ether oxygens (including phenoxy) is 1. The maximum Gasteiger partial charge on any atom is 0.247 e. The maximum atomic E-state index is 14.9. The number of nitrogens with zero attached hydrogens (tertiary/aromatic N) is 6. The first-order chi connectivity index (χ1) is 25.6. The third-order valence-corrected chi connectivity index (χ3v) is 10.6. The Labute approximate surface area is 315 Å². The molecule has 0 radical (unpaired) electrons. The van der Waals surface area contributed by atoms with E-state index in [-0.39, 0.29) is 23.9 Å². The van der Waals surface area contributed by atoms with Crippen molar-refractivity contribution in [1.29, 1.82) is 0 Å². The van der Waals surface area contributed by atoms with Gasteiger partial charge >= 0.3 is 0 Å². The lowest BCUT2D eigenvalue weighted by Gasteiger charge is -2.46. The number of hydroxylamine groups is 1. The summed E-state index contributed by atoms with van der Waals surface area (Å²) in [7, 11) is 1.58. The van der Waals surface area contributed by atoms with Crippen molar-refractivity contribution in [1.82, 2.24) is 19.8 Å². The molecule has 1 aromatic heterocycles. The fourth-order valence-electron chi connectivity index (χ4n) is 7.63. The normalized spacial score (nSPS) is 18.6. The Morgan fingerprint density at radius 3 is 2.36 bits per heavy atom. The molecule has 53 heavy (non-hydrogen) atoms. The molecular formula is C39H48ClFN8O4. The van der Waals surface area contributed by atoms with Crippen LogP contribution in [0, 0.1) is 5.82 Å². The van der Waals surface area contributed by atoms with Gasteiger partial charge in [-0.25, -0.2) is 19.4 Å². The van der Waals surface area contributed by atoms with Gasteiger partial charge in [0.2, 0.25) is 11.8 Å². The lowest BCUT2D eigenvalue weighted by molar-refractivity contribution is -0.132. The number of hydrogen-bond donors (Lipinski definition) is 2. The molecule has 0 bridgehead atoms. The Hall–Kier alpha value is -4.72. The molecule has 6 rings (SSSR count). The van der Waals surface area contributed by atoms with Crippen LogP contribution in [-0.2, 0) is 14.4 Å². The van der Waals surface area contributed by atoms with Crippen LogP contribution in [0.2, 0.25) is 5.02 Å². The van der Waals surface area contributed by atoms with Crippen LogP contribution in [0.25, 0.3) is 0 Å². The quantitative estimate of drug-likeness (QED) is 0.190. The predicted molar refractivity (Wildman–Crippen MR) is 206 cm³/mol. The molecular weight excluding hydrogens is 699 g/mol. The SMILES string of the molecule is C=CC(=O)Nc1cc(Nc2cc(N3OCCC3c3ccc(Cl)cc3F)ncn2)c(OC)cc1N1CCC(N(C(=O)C=C)C2CCN(C(C)C)CC2)CC1. The predicted octanol–water partition coefficient (Wildman–Crippen LogP) is 6.89. The Balaban J connectivity index is 1.21. The van der Waals surface area contributed by atoms with Crippen LogP contribution in [-0.4, -0.2) is 89.6 Å². The van der Waals surface area contributed by atoms with Crippen LogP contribution in [0.1, 0.15) is 57.6 Å². The minimum Gasteiger partial charge on any atom is -0.494 e. The third-order valence-electron chi connectivity index (χ3n) is 10.4. The number of likely N-dealkylation sites (tertiary alicyclic amines) is 1. The summed E-state index contributed by atoms with van der Waals surface area (Å²) in [6.45, 7) is 15.6. The molecule has 282 valence electrons. The molecule has 14 heteroatoms. The number of rotatable bonds is 12. The van der Waals surface area contributed by atoms with Crippen molar-refractivity contribution >= 4 is 52.1 Å². The lowest BCUT2D eigenvalue weighted by Crippen LogP contribution is -2.55. The Kier molecular flexibility index (Phi) is 12.2. The smallest absolute Gasteiger partial charge is 0.247 e. The van der Waals surface area contributed by atoms with E-state index in [9.17, 15) is 14.0 Å². The molecule has 1 unspecified atom stereocenters. The summed E-state index contributed by atoms with van der Waals surface area (Å²) < 4.78 is 20.7. The minimum atomic E-state index is -0.418. The van der Waals surface area contributed by atoms with Crippen molar-refractivity contribution in [3.8, 4) is 5.75 Å². The number of anilines is 5. The number of halogens is 2. The highest BCUT2D eigenvalue weighted by Gasteiger charge is 2.35. The standard InChI is InChI=1S/C39H48ClFN8O4/c1-6-38(50)45-31-21-32(44-36-23-37(43-24-42-36)49-33(14-19-53-49)29-9-8-26(40)20-30(29)41)35(52-5)22-34(31)47-17-12-28(13-18-47)48(39(51)7-2)27-10-15-46(16-11-27)25(3)4/h6-9,20-25,27-28,33H,1-2,10-19H2,3-5H3,(H,45,50)(H,42,43,44). The number of nitrogens with one attached hydrogen (secondary N) is 2. The van der Waals surface area contributed by atoms with E-state index in [0.717, 1.165) is 44.5 Å². The molecule has 12 nitrogen and oxygen atoms in total. The summed E-state index contributed by atoms with van der Waals surface area (Å²) in [6, 6.07) is 10.3. The molecule has 2 amide bonds. The summed E-state index contributed by atoms with van der Waals surface area (Å²) in [4.78, 5) is 47.4. The topological polar surface area (TPSA) is 115 Å². The molecule has 3 aliphatic rings. The van der Waals surface area contributed by atoms with Crippen molar-refractivity contribution in [2.45, 2.75) is 70.1 Å². The van der Waals surface area contributed by atoms with Gasteiger partial charge in [0.15, 0.2) is 5.82 Å². The molecule has 4 heterocycles. The summed E-state index contributed by atoms with van der Waals surface area (Å²) in [5.41, 5.74) is 2.35. The Bertz CT molecular complexity index is 1810. The zero-order chi connectivity index (χ0) is 37.6. The van der Waals surface area contributed by atoms with Crippen molar-refractivity contribution in [2.75, 3.05) is 60.5 Å². The largest absolute Gasteiger partial charge is 0.494 e. The van der Waals surface area contributed by atoms with Gasteiger partial charge in [-0.1, -0.05) is 30.8 Å². The highest BCUT2D eigenvalue weighted by atomic mass is 35.5. The summed E-state index contributed by atoms with van der Waals surface area (Å²) in [6.07, 6.45) is 8.05. The number of benzene rings is 2. The number of piperidine rings is 2. The Morgan fingerprint density at radius 1 is 1.00 bits per heavy atom. The first kappa shape index (κ1) is 38.0. The second kappa shape index (κ2) is 17.0. The van der Waals surface area contributed by atoms with Gasteiger partial charge in [0.05, 0.1) is 36.8 Å². The van der Waals surface area contributed by atoms with Crippen LogP contribution in [0.4, 0.5) is 33.1 Å². The molecule has 0 saturated carbocycles. The molecule has 0 aliphatic carbocycles. The molecule has 3 saturated heterocycles. The van der Waals surface area contributed by atoms with Crippen LogP contribution in [0.15, 0.2) is 68.0 Å². The van der Waals surface area contributed by atoms with Crippen LogP contribution in [0.5, 0.6) is 5.75 Å². The van der Waals surface area contributed by atoms with E-state index in [1.54, 1.807) is 36.4 Å². The van der Waals surface area contributed by atoms with Gasteiger partial charge < -0.3 is 30.1 Å². The maximum absolute atomic E-state index is 14.9. The lowest BCUT2D eigenvalue weighted by atomic mass is 9.95. The molecule has 3 aliphatic heterocycles. The fraction of sp³-hybridized carbons (Fsp3) is 0.436. The van der Waals surface area contributed by atoms with E-state index in [4.69, 9.17) is 21.2 Å². The monoisotopic (exact) mass is 746 g/mol. The summed E-state index contributed by atoms with van der Waals surface area (Å²) in [5, 5.41) is 8.17. The van der Waals surface area contributed by atoms with E-state index in [2.05, 4.69) is 62.3 Å². The van der Waals surface area contributed by atoms with E-state index in [1.807, 2.05) is 6.07 Å². The minimum absolute atomic E-state index is 0.0145. The average molecular weight is 747 g/mol. The van der Waals surface area contributed by atoms with Crippen molar-refractivity contribution in [3.63, 3.8) is 0 Å². The first-order valence-electron chi connectivity index (χ1n) is 18.2. The second-order valence-corrected chi connectivity index (χ2v) is 14.2. The molecule has 0 spiro atoms. The van der Waals surface area contributed by atoms with Gasteiger partial charge in [-0.3, -0.25) is 14.4 Å². The van der Waals surface area contributed by atoms with Gasteiger partial charge in [-0.2, -0.15) is 0 Å². The molecule has 2 N–H and O–H groups in total. The molecule has 1 atom stereocenters. The van der Waals surface area contributed by atoms with Gasteiger partial charge in [0, 0.05) is 73.4 Å². The van der Waals surface area contributed by atoms with Crippen LogP contribution < -0.4 is 25.3 Å². The van der Waals surface area contributed by atoms with Gasteiger partial charge in [-0.15, -0.1) is 0 Å². The zero-order valence-corrected chi connectivity index (χ0v) is 31.3. The van der Waals surface area contributed by atoms with E-state index < -0.39 is 11.9 Å². The Morgan fingerprint density at radius 2 is 1.72 bits per heavy atom. The van der Waals surface area contributed by atoms with Gasteiger partial charge in [-0.05, 0) is 69.9 Å². The number of methoxy groups -OCH3 is 1. The highest BCUT2D eigenvalue weighted by Crippen LogP contribution is 2.41. The summed E-state index contributed by atoms with van der Waals surface area (Å²) >= 11 is 6.00. The van der Waals surface area contributed by atoms with Crippen molar-refractivity contribution < 1.29 is 23.6 Å². The van der Waals surface area contributed by atoms with E-state index in [1.165, 1.54) is 24.5 Å². The number of amides is 2. The zero-order valence-electron chi connectivity index (χ0n) is 30.6. The fourth-order valence-corrected chi connectivity index (χ4v) is 7.79. The average Bonchev–Trinajstić information content (AvgIpc) is 3.65. The van der Waals surface area contributed by atoms with E-state index >= 15 is 0 Å². The molecule has 2 aromatic carbocycles. The highest BCUT2D eigenvalue weighted by molar-refractivity contribution is 6.30. The number of hydrogen-bond acceptors (Lipinski definition) is 10. The second-order valence-electron chi connectivity index (χ2n) is 13.8.